The summed E-state index contributed by atoms with van der Waals surface area (Å²) in [7, 11) is 3.16. The van der Waals surface area contributed by atoms with Crippen molar-refractivity contribution in [3.63, 3.8) is 0 Å². The molecule has 124 valence electrons. The van der Waals surface area contributed by atoms with Gasteiger partial charge >= 0.3 is 6.09 Å². The molecule has 24 heavy (non-hydrogen) atoms. The van der Waals surface area contributed by atoms with Gasteiger partial charge in [-0.3, -0.25) is 5.32 Å². The zero-order valence-electron chi connectivity index (χ0n) is 13.3. The normalized spacial score (nSPS) is 10.4. The first-order valence-corrected chi connectivity index (χ1v) is 7.29. The maximum atomic E-state index is 11.2. The SMILES string of the molecule is CNc1cccc(COc2ccc3nc(NC(=O)OC)cn3n2)c1. The fourth-order valence-corrected chi connectivity index (χ4v) is 2.13. The molecule has 1 amide bonds. The molecule has 2 aromatic heterocycles. The number of rotatable bonds is 5. The summed E-state index contributed by atoms with van der Waals surface area (Å²) in [5, 5.41) is 9.89. The molecule has 0 aliphatic heterocycles. The molecular formula is C16H17N5O3. The number of carbonyl (C=O) groups excluding carboxylic acids is 1. The molecule has 0 radical (unpaired) electrons. The summed E-state index contributed by atoms with van der Waals surface area (Å²) in [6.07, 6.45) is 1.00. The Hall–Kier alpha value is -3.29. The van der Waals surface area contributed by atoms with Gasteiger partial charge in [-0.15, -0.1) is 5.10 Å². The molecule has 0 aliphatic carbocycles. The fraction of sp³-hybridized carbons (Fsp3) is 0.188. The molecule has 0 saturated heterocycles. The van der Waals surface area contributed by atoms with Crippen molar-refractivity contribution in [1.29, 1.82) is 0 Å². The maximum absolute atomic E-state index is 11.2. The molecule has 2 N–H and O–H groups in total. The number of hydrogen-bond acceptors (Lipinski definition) is 6. The standard InChI is InChI=1S/C16H17N5O3/c1-17-12-5-3-4-11(8-12)10-24-15-7-6-14-18-13(9-21(14)20-15)19-16(22)23-2/h3-9,17H,10H2,1-2H3,(H,19,22). The Labute approximate surface area is 138 Å². The van der Waals surface area contributed by atoms with Gasteiger partial charge in [0.05, 0.1) is 13.3 Å². The number of ether oxygens (including phenoxy) is 2. The van der Waals surface area contributed by atoms with Crippen LogP contribution in [-0.2, 0) is 11.3 Å². The number of hydrogen-bond donors (Lipinski definition) is 2. The van der Waals surface area contributed by atoms with Crippen molar-refractivity contribution < 1.29 is 14.3 Å². The first-order chi connectivity index (χ1) is 11.7. The molecule has 0 aliphatic rings. The van der Waals surface area contributed by atoms with Crippen LogP contribution in [0.3, 0.4) is 0 Å². The quantitative estimate of drug-likeness (QED) is 0.748. The van der Waals surface area contributed by atoms with Gasteiger partial charge in [-0.25, -0.2) is 14.3 Å². The number of fused-ring (bicyclic) bond motifs is 1. The maximum Gasteiger partial charge on any atom is 0.412 e. The van der Waals surface area contributed by atoms with E-state index in [1.54, 1.807) is 18.3 Å². The van der Waals surface area contributed by atoms with E-state index in [0.717, 1.165) is 11.3 Å². The largest absolute Gasteiger partial charge is 0.472 e. The van der Waals surface area contributed by atoms with Crippen molar-refractivity contribution in [3.8, 4) is 5.88 Å². The summed E-state index contributed by atoms with van der Waals surface area (Å²) in [5.74, 6) is 0.813. The molecule has 0 bridgehead atoms. The second-order valence-electron chi connectivity index (χ2n) is 4.96. The summed E-state index contributed by atoms with van der Waals surface area (Å²) in [6, 6.07) is 11.4. The number of methoxy groups -OCH3 is 1. The lowest BCUT2D eigenvalue weighted by atomic mass is 10.2. The van der Waals surface area contributed by atoms with Crippen molar-refractivity contribution >= 4 is 23.2 Å². The second kappa shape index (κ2) is 6.86. The third-order valence-corrected chi connectivity index (χ3v) is 3.31. The van der Waals surface area contributed by atoms with E-state index in [1.165, 1.54) is 11.6 Å². The summed E-state index contributed by atoms with van der Waals surface area (Å²) in [5.41, 5.74) is 2.64. The number of aromatic nitrogens is 3. The number of nitrogens with zero attached hydrogens (tertiary/aromatic N) is 3. The van der Waals surface area contributed by atoms with E-state index in [1.807, 2.05) is 31.3 Å². The van der Waals surface area contributed by atoms with Crippen molar-refractivity contribution in [2.45, 2.75) is 6.61 Å². The van der Waals surface area contributed by atoms with Gasteiger partial charge < -0.3 is 14.8 Å². The predicted octanol–water partition coefficient (Wildman–Crippen LogP) is 2.53. The van der Waals surface area contributed by atoms with Crippen LogP contribution in [0, 0.1) is 0 Å². The minimum absolute atomic E-state index is 0.355. The smallest absolute Gasteiger partial charge is 0.412 e. The zero-order valence-corrected chi connectivity index (χ0v) is 13.3. The van der Waals surface area contributed by atoms with Crippen molar-refractivity contribution in [2.75, 3.05) is 24.8 Å². The van der Waals surface area contributed by atoms with E-state index in [2.05, 4.69) is 25.5 Å². The summed E-state index contributed by atoms with van der Waals surface area (Å²) in [6.45, 7) is 0.399. The highest BCUT2D eigenvalue weighted by atomic mass is 16.5. The monoisotopic (exact) mass is 327 g/mol. The van der Waals surface area contributed by atoms with Gasteiger partial charge in [-0.2, -0.15) is 0 Å². The molecular weight excluding hydrogens is 310 g/mol. The number of benzene rings is 1. The highest BCUT2D eigenvalue weighted by molar-refractivity contribution is 5.83. The lowest BCUT2D eigenvalue weighted by Crippen LogP contribution is -2.10. The minimum atomic E-state index is -0.584. The van der Waals surface area contributed by atoms with E-state index in [0.29, 0.717) is 24.0 Å². The van der Waals surface area contributed by atoms with Crippen LogP contribution in [0.15, 0.2) is 42.6 Å². The Kier molecular flexibility index (Phi) is 4.46. The van der Waals surface area contributed by atoms with Gasteiger partial charge in [0.1, 0.15) is 6.61 Å². The van der Waals surface area contributed by atoms with Gasteiger partial charge in [0.2, 0.25) is 5.88 Å². The molecule has 8 nitrogen and oxygen atoms in total. The molecule has 0 fully saturated rings. The minimum Gasteiger partial charge on any atom is -0.472 e. The van der Waals surface area contributed by atoms with Crippen LogP contribution >= 0.6 is 0 Å². The zero-order chi connectivity index (χ0) is 16.9. The van der Waals surface area contributed by atoms with E-state index in [4.69, 9.17) is 4.74 Å². The number of imidazole rings is 1. The summed E-state index contributed by atoms with van der Waals surface area (Å²) >= 11 is 0. The van der Waals surface area contributed by atoms with Gasteiger partial charge in [0.15, 0.2) is 11.5 Å². The van der Waals surface area contributed by atoms with Crippen molar-refractivity contribution in [3.05, 3.63) is 48.2 Å². The molecule has 1 aromatic carbocycles. The highest BCUT2D eigenvalue weighted by Gasteiger charge is 2.07. The van der Waals surface area contributed by atoms with E-state index >= 15 is 0 Å². The Morgan fingerprint density at radius 1 is 1.29 bits per heavy atom. The third-order valence-electron chi connectivity index (χ3n) is 3.31. The third kappa shape index (κ3) is 3.54. The summed E-state index contributed by atoms with van der Waals surface area (Å²) < 4.78 is 11.8. The molecule has 0 saturated carbocycles. The second-order valence-corrected chi connectivity index (χ2v) is 4.96. The molecule has 0 spiro atoms. The topological polar surface area (TPSA) is 89.8 Å². The van der Waals surface area contributed by atoms with E-state index < -0.39 is 6.09 Å². The molecule has 3 aromatic rings. The lowest BCUT2D eigenvalue weighted by Gasteiger charge is -2.07. The number of anilines is 2. The Morgan fingerprint density at radius 2 is 2.17 bits per heavy atom. The van der Waals surface area contributed by atoms with Gasteiger partial charge in [0.25, 0.3) is 0 Å². The van der Waals surface area contributed by atoms with Crippen molar-refractivity contribution in [1.82, 2.24) is 14.6 Å². The Balaban J connectivity index is 1.71. The summed E-state index contributed by atoms with van der Waals surface area (Å²) in [4.78, 5) is 15.4. The van der Waals surface area contributed by atoms with Crippen LogP contribution in [0.1, 0.15) is 5.56 Å². The number of carbonyl (C=O) groups is 1. The van der Waals surface area contributed by atoms with E-state index in [9.17, 15) is 4.79 Å². The Bertz CT molecular complexity index is 862. The lowest BCUT2D eigenvalue weighted by molar-refractivity contribution is 0.187. The average molecular weight is 327 g/mol. The first kappa shape index (κ1) is 15.6. The van der Waals surface area contributed by atoms with Crippen molar-refractivity contribution in [2.24, 2.45) is 0 Å². The van der Waals surface area contributed by atoms with Crippen LogP contribution in [-0.4, -0.2) is 34.8 Å². The van der Waals surface area contributed by atoms with Crippen LogP contribution in [0.25, 0.3) is 5.65 Å². The highest BCUT2D eigenvalue weighted by Crippen LogP contribution is 2.15. The average Bonchev–Trinajstić information content (AvgIpc) is 3.01. The van der Waals surface area contributed by atoms with Crippen LogP contribution in [0.5, 0.6) is 5.88 Å². The van der Waals surface area contributed by atoms with Crippen LogP contribution < -0.4 is 15.4 Å². The molecule has 8 heteroatoms. The predicted molar refractivity (Wildman–Crippen MR) is 89.3 cm³/mol. The molecule has 3 rings (SSSR count). The van der Waals surface area contributed by atoms with Gasteiger partial charge in [-0.1, -0.05) is 12.1 Å². The molecule has 2 heterocycles. The van der Waals surface area contributed by atoms with Crippen LogP contribution in [0.2, 0.25) is 0 Å². The Morgan fingerprint density at radius 3 is 2.96 bits per heavy atom. The molecule has 0 unspecified atom stereocenters. The van der Waals surface area contributed by atoms with E-state index in [-0.39, 0.29) is 0 Å². The fourth-order valence-electron chi connectivity index (χ4n) is 2.13. The van der Waals surface area contributed by atoms with Crippen LogP contribution in [0.4, 0.5) is 16.3 Å². The first-order valence-electron chi connectivity index (χ1n) is 7.29. The molecule has 0 atom stereocenters. The van der Waals surface area contributed by atoms with Gasteiger partial charge in [0, 0.05) is 18.8 Å². The van der Waals surface area contributed by atoms with Gasteiger partial charge in [-0.05, 0) is 23.8 Å². The number of nitrogens with one attached hydrogen (secondary N) is 2. The number of amides is 1.